The number of carboxylic acids is 2. The second-order valence-corrected chi connectivity index (χ2v) is 11.3. The van der Waals surface area contributed by atoms with Gasteiger partial charge in [-0.2, -0.15) is 26.3 Å². The van der Waals surface area contributed by atoms with Crippen molar-refractivity contribution in [1.82, 2.24) is 16.0 Å². The number of nitrogens with one attached hydrogen (secondary N) is 3. The first kappa shape index (κ1) is 46.8. The van der Waals surface area contributed by atoms with E-state index in [9.17, 15) is 40.7 Å². The SMILES string of the molecule is CCNC(=O)NCc1ccc(CNC(=O)[C@@](N)(CCCN=C(N)N)C(=O)C(c2ccccc2)c2ccccc2)cc1.O=C(O)C(F)(F)F.O=C(O)C(F)(F)F. The molecule has 0 aliphatic carbocycles. The van der Waals surface area contributed by atoms with E-state index in [0.29, 0.717) is 19.5 Å². The van der Waals surface area contributed by atoms with Crippen LogP contribution in [0.3, 0.4) is 0 Å². The summed E-state index contributed by atoms with van der Waals surface area (Å²) in [5, 5.41) is 22.6. The van der Waals surface area contributed by atoms with Crippen molar-refractivity contribution in [2.45, 2.75) is 56.7 Å². The number of nitrogens with zero attached hydrogens (tertiary/aromatic N) is 1. The highest BCUT2D eigenvalue weighted by Gasteiger charge is 2.45. The van der Waals surface area contributed by atoms with Gasteiger partial charge in [0.2, 0.25) is 5.91 Å². The Bertz CT molecular complexity index is 1660. The highest BCUT2D eigenvalue weighted by molar-refractivity contribution is 6.13. The number of carbonyl (C=O) groups is 5. The van der Waals surface area contributed by atoms with Crippen molar-refractivity contribution in [3.63, 3.8) is 0 Å². The van der Waals surface area contributed by atoms with Crippen LogP contribution >= 0.6 is 0 Å². The summed E-state index contributed by atoms with van der Waals surface area (Å²) in [4.78, 5) is 61.4. The number of urea groups is 1. The number of benzene rings is 3. The summed E-state index contributed by atoms with van der Waals surface area (Å²) in [5.74, 6) is -7.32. The Morgan fingerprint density at radius 1 is 0.691 bits per heavy atom. The number of nitrogens with two attached hydrogens (primary N) is 3. The van der Waals surface area contributed by atoms with E-state index in [0.717, 1.165) is 22.3 Å². The minimum atomic E-state index is -5.08. The molecule has 0 saturated heterocycles. The van der Waals surface area contributed by atoms with Crippen LogP contribution in [0, 0.1) is 0 Å². The first-order valence-corrected chi connectivity index (χ1v) is 16.1. The van der Waals surface area contributed by atoms with Crippen molar-refractivity contribution in [2.75, 3.05) is 13.1 Å². The Kier molecular flexibility index (Phi) is 18.8. The topological polar surface area (TPSA) is 252 Å². The van der Waals surface area contributed by atoms with Crippen molar-refractivity contribution >= 4 is 35.6 Å². The fourth-order valence-corrected chi connectivity index (χ4v) is 4.48. The van der Waals surface area contributed by atoms with E-state index in [4.69, 9.17) is 37.0 Å². The molecule has 0 unspecified atom stereocenters. The van der Waals surface area contributed by atoms with Crippen LogP contribution in [0.15, 0.2) is 89.9 Å². The van der Waals surface area contributed by atoms with Crippen molar-refractivity contribution in [3.8, 4) is 0 Å². The van der Waals surface area contributed by atoms with Gasteiger partial charge in [0, 0.05) is 26.2 Å². The number of amides is 3. The van der Waals surface area contributed by atoms with Gasteiger partial charge in [0.05, 0.1) is 5.92 Å². The average Bonchev–Trinajstić information content (AvgIpc) is 3.12. The Morgan fingerprint density at radius 2 is 1.09 bits per heavy atom. The summed E-state index contributed by atoms with van der Waals surface area (Å²) in [6.07, 6.45) is -9.79. The van der Waals surface area contributed by atoms with Crippen molar-refractivity contribution in [3.05, 3.63) is 107 Å². The van der Waals surface area contributed by atoms with Gasteiger partial charge in [0.15, 0.2) is 17.3 Å². The maximum Gasteiger partial charge on any atom is 0.490 e. The number of carboxylic acid groups (broad SMARTS) is 2. The van der Waals surface area contributed by atoms with E-state index >= 15 is 0 Å². The number of carbonyl (C=O) groups excluding carboxylic acids is 3. The minimum absolute atomic E-state index is 0.0506. The Labute approximate surface area is 311 Å². The summed E-state index contributed by atoms with van der Waals surface area (Å²) < 4.78 is 63.5. The zero-order chi connectivity index (χ0) is 41.8. The zero-order valence-electron chi connectivity index (χ0n) is 29.3. The summed E-state index contributed by atoms with van der Waals surface area (Å²) in [5.41, 5.74) is 19.0. The predicted molar refractivity (Wildman–Crippen MR) is 188 cm³/mol. The van der Waals surface area contributed by atoms with Gasteiger partial charge in [-0.05, 0) is 42.0 Å². The first-order valence-electron chi connectivity index (χ1n) is 16.1. The summed E-state index contributed by atoms with van der Waals surface area (Å²) in [6, 6.07) is 25.8. The van der Waals surface area contributed by atoms with Crippen molar-refractivity contribution in [2.24, 2.45) is 22.2 Å². The van der Waals surface area contributed by atoms with E-state index < -0.39 is 47.4 Å². The maximum atomic E-state index is 14.3. The summed E-state index contributed by atoms with van der Waals surface area (Å²) in [6.45, 7) is 3.16. The summed E-state index contributed by atoms with van der Waals surface area (Å²) >= 11 is 0. The van der Waals surface area contributed by atoms with Crippen LogP contribution in [0.1, 0.15) is 47.9 Å². The number of aliphatic carboxylic acids is 2. The standard InChI is InChI=1S/C31H39N7O3.2C2HF3O2/c1-2-35-30(41)38-21-23-16-14-22(15-17-23)20-37-28(40)31(34,18-9-19-36-29(32)33)27(39)26(24-10-5-3-6-11-24)25-12-7-4-8-13-25;2*3-2(4,5)1(6)7/h3-8,10-17,26H,2,9,18-21,34H2,1H3,(H,37,40)(H4,32,33,36)(H2,35,38,41);2*(H,6,7)/t31-;;/m1../s1. The number of aliphatic imine (C=N–C) groups is 1. The fraction of sp³-hybridized carbons (Fsp3) is 0.314. The van der Waals surface area contributed by atoms with Gasteiger partial charge in [-0.3, -0.25) is 14.6 Å². The van der Waals surface area contributed by atoms with Gasteiger partial charge in [0.25, 0.3) is 0 Å². The van der Waals surface area contributed by atoms with E-state index in [1.165, 1.54) is 0 Å². The van der Waals surface area contributed by atoms with Crippen LogP contribution in [0.5, 0.6) is 0 Å². The highest BCUT2D eigenvalue weighted by Crippen LogP contribution is 2.31. The molecule has 3 rings (SSSR count). The predicted octanol–water partition coefficient (Wildman–Crippen LogP) is 3.54. The molecule has 0 spiro atoms. The number of hydrogen-bond donors (Lipinski definition) is 8. The first-order chi connectivity index (χ1) is 25.6. The molecule has 55 heavy (non-hydrogen) atoms. The van der Waals surface area contributed by atoms with Gasteiger partial charge in [-0.1, -0.05) is 84.9 Å². The smallest absolute Gasteiger partial charge is 0.475 e. The van der Waals surface area contributed by atoms with Crippen LogP contribution in [-0.4, -0.2) is 76.8 Å². The van der Waals surface area contributed by atoms with E-state index in [2.05, 4.69) is 20.9 Å². The van der Waals surface area contributed by atoms with Crippen LogP contribution in [0.25, 0.3) is 0 Å². The molecule has 3 amide bonds. The number of halogens is 6. The molecule has 0 heterocycles. The van der Waals surface area contributed by atoms with Gasteiger partial charge in [-0.25, -0.2) is 14.4 Å². The third kappa shape index (κ3) is 17.0. The minimum Gasteiger partial charge on any atom is -0.475 e. The molecular formula is C35H41F6N7O7. The molecule has 0 fully saturated rings. The van der Waals surface area contributed by atoms with E-state index in [1.807, 2.05) is 91.9 Å². The van der Waals surface area contributed by atoms with Crippen LogP contribution < -0.4 is 33.2 Å². The average molecular weight is 786 g/mol. The lowest BCUT2D eigenvalue weighted by Gasteiger charge is -2.31. The molecule has 20 heteroatoms. The summed E-state index contributed by atoms with van der Waals surface area (Å²) in [7, 11) is 0. The second kappa shape index (κ2) is 22.1. The molecule has 0 radical (unpaired) electrons. The fourth-order valence-electron chi connectivity index (χ4n) is 4.48. The van der Waals surface area contributed by atoms with Gasteiger partial charge in [-0.15, -0.1) is 0 Å². The molecule has 0 saturated carbocycles. The number of ketones is 1. The molecule has 14 nitrogen and oxygen atoms in total. The lowest BCUT2D eigenvalue weighted by molar-refractivity contribution is -0.193. The number of rotatable bonds is 14. The second-order valence-electron chi connectivity index (χ2n) is 11.3. The molecule has 1 atom stereocenters. The van der Waals surface area contributed by atoms with E-state index in [-0.39, 0.29) is 31.5 Å². The normalized spacial score (nSPS) is 11.9. The lowest BCUT2D eigenvalue weighted by Crippen LogP contribution is -2.61. The Balaban J connectivity index is 0.000000913. The Hall–Kier alpha value is -6.18. The molecule has 3 aromatic carbocycles. The molecule has 3 aromatic rings. The maximum absolute atomic E-state index is 14.3. The number of guanidine groups is 1. The van der Waals surface area contributed by atoms with Gasteiger partial charge >= 0.3 is 30.3 Å². The third-order valence-electron chi connectivity index (χ3n) is 7.15. The number of Topliss-reactive ketones (excluding diaryl/α,β-unsaturated/α-hetero) is 1. The molecular weight excluding hydrogens is 744 g/mol. The Morgan fingerprint density at radius 3 is 1.45 bits per heavy atom. The van der Waals surface area contributed by atoms with Gasteiger partial charge in [0.1, 0.15) is 0 Å². The van der Waals surface area contributed by atoms with Crippen LogP contribution in [0.2, 0.25) is 0 Å². The van der Waals surface area contributed by atoms with Crippen molar-refractivity contribution in [1.29, 1.82) is 0 Å². The van der Waals surface area contributed by atoms with Crippen molar-refractivity contribution < 1.29 is 60.5 Å². The highest BCUT2D eigenvalue weighted by atomic mass is 19.4. The monoisotopic (exact) mass is 785 g/mol. The molecule has 0 aromatic heterocycles. The van der Waals surface area contributed by atoms with Crippen LogP contribution in [0.4, 0.5) is 31.1 Å². The third-order valence-corrected chi connectivity index (χ3v) is 7.15. The zero-order valence-corrected chi connectivity index (χ0v) is 29.3. The van der Waals surface area contributed by atoms with E-state index in [1.54, 1.807) is 0 Å². The number of hydrogen-bond acceptors (Lipinski definition) is 7. The molecule has 300 valence electrons. The quantitative estimate of drug-likeness (QED) is 0.0388. The largest absolute Gasteiger partial charge is 0.490 e. The van der Waals surface area contributed by atoms with Gasteiger partial charge < -0.3 is 43.4 Å². The number of alkyl halides is 6. The molecule has 11 N–H and O–H groups in total. The molecule has 0 aliphatic heterocycles. The molecule has 0 bridgehead atoms. The molecule has 0 aliphatic rings. The lowest BCUT2D eigenvalue weighted by atomic mass is 9.76. The van der Waals surface area contributed by atoms with Crippen LogP contribution in [-0.2, 0) is 32.3 Å².